The number of hydrogen-bond acceptors (Lipinski definition) is 4. The number of nitrogens with zero attached hydrogens (tertiary/aromatic N) is 1. The molecule has 1 aliphatic carbocycles. The van der Waals surface area contributed by atoms with Crippen LogP contribution in [0.25, 0.3) is 0 Å². The first kappa shape index (κ1) is 15.3. The molecule has 0 radical (unpaired) electrons. The molecule has 1 fully saturated rings. The molecule has 0 spiro atoms. The summed E-state index contributed by atoms with van der Waals surface area (Å²) in [5.74, 6) is 0.834. The highest BCUT2D eigenvalue weighted by atomic mass is 16.5. The quantitative estimate of drug-likeness (QED) is 0.868. The zero-order valence-electron chi connectivity index (χ0n) is 12.8. The molecule has 1 N–H and O–H groups in total. The second-order valence-electron chi connectivity index (χ2n) is 5.41. The van der Waals surface area contributed by atoms with Crippen LogP contribution >= 0.6 is 0 Å². The molecule has 4 heteroatoms. The molecule has 1 unspecified atom stereocenters. The van der Waals surface area contributed by atoms with Gasteiger partial charge in [0.2, 0.25) is 0 Å². The van der Waals surface area contributed by atoms with E-state index in [-0.39, 0.29) is 11.6 Å². The molecule has 1 aliphatic rings. The molecule has 0 aliphatic heterocycles. The molecular weight excluding hydrogens is 252 g/mol. The Kier molecular flexibility index (Phi) is 5.38. The standard InChI is InChI=1S/C16H26N2O2/c1-4-17-15(14-13(19-2)9-8-12-18-14)16(20-3)10-6-5-7-11-16/h8-9,12,15,17H,4-7,10-11H2,1-3H3. The maximum atomic E-state index is 5.99. The third-order valence-electron chi connectivity index (χ3n) is 4.33. The van der Waals surface area contributed by atoms with Gasteiger partial charge < -0.3 is 14.8 Å². The molecule has 0 bridgehead atoms. The maximum absolute atomic E-state index is 5.99. The summed E-state index contributed by atoms with van der Waals surface area (Å²) in [6.45, 7) is 3.00. The minimum Gasteiger partial charge on any atom is -0.495 e. The van der Waals surface area contributed by atoms with E-state index in [9.17, 15) is 0 Å². The third kappa shape index (κ3) is 2.96. The van der Waals surface area contributed by atoms with Crippen LogP contribution in [-0.2, 0) is 4.74 Å². The summed E-state index contributed by atoms with van der Waals surface area (Å²) < 4.78 is 11.5. The van der Waals surface area contributed by atoms with Crippen molar-refractivity contribution in [3.05, 3.63) is 24.0 Å². The van der Waals surface area contributed by atoms with Crippen molar-refractivity contribution in [2.45, 2.75) is 50.7 Å². The molecule has 20 heavy (non-hydrogen) atoms. The minimum absolute atomic E-state index is 0.0777. The fourth-order valence-corrected chi connectivity index (χ4v) is 3.29. The van der Waals surface area contributed by atoms with Crippen molar-refractivity contribution in [3.63, 3.8) is 0 Å². The first-order chi connectivity index (χ1) is 9.77. The monoisotopic (exact) mass is 278 g/mol. The van der Waals surface area contributed by atoms with Crippen LogP contribution in [0.2, 0.25) is 0 Å². The molecule has 1 heterocycles. The number of aromatic nitrogens is 1. The lowest BCUT2D eigenvalue weighted by Crippen LogP contribution is -2.47. The van der Waals surface area contributed by atoms with E-state index in [4.69, 9.17) is 9.47 Å². The first-order valence-corrected chi connectivity index (χ1v) is 7.55. The van der Waals surface area contributed by atoms with Crippen LogP contribution in [-0.4, -0.2) is 31.3 Å². The summed E-state index contributed by atoms with van der Waals surface area (Å²) >= 11 is 0. The molecule has 112 valence electrons. The first-order valence-electron chi connectivity index (χ1n) is 7.55. The van der Waals surface area contributed by atoms with Crippen molar-refractivity contribution in [1.82, 2.24) is 10.3 Å². The average Bonchev–Trinajstić information content (AvgIpc) is 2.53. The molecule has 1 aromatic rings. The van der Waals surface area contributed by atoms with Gasteiger partial charge in [0.15, 0.2) is 0 Å². The van der Waals surface area contributed by atoms with Gasteiger partial charge in [0, 0.05) is 13.3 Å². The van der Waals surface area contributed by atoms with Crippen molar-refractivity contribution in [1.29, 1.82) is 0 Å². The van der Waals surface area contributed by atoms with Crippen LogP contribution in [0.1, 0.15) is 50.8 Å². The van der Waals surface area contributed by atoms with E-state index in [0.717, 1.165) is 30.8 Å². The third-order valence-corrected chi connectivity index (χ3v) is 4.33. The van der Waals surface area contributed by atoms with Crippen molar-refractivity contribution in [2.24, 2.45) is 0 Å². The number of methoxy groups -OCH3 is 2. The number of likely N-dealkylation sites (N-methyl/N-ethyl adjacent to an activating group) is 1. The number of rotatable bonds is 6. The lowest BCUT2D eigenvalue weighted by Gasteiger charge is -2.42. The van der Waals surface area contributed by atoms with Crippen LogP contribution in [0.5, 0.6) is 5.75 Å². The summed E-state index contributed by atoms with van der Waals surface area (Å²) in [4.78, 5) is 4.57. The number of ether oxygens (including phenoxy) is 2. The Morgan fingerprint density at radius 2 is 2.05 bits per heavy atom. The van der Waals surface area contributed by atoms with Gasteiger partial charge in [0.25, 0.3) is 0 Å². The predicted molar refractivity (Wildman–Crippen MR) is 80.0 cm³/mol. The smallest absolute Gasteiger partial charge is 0.142 e. The molecule has 2 rings (SSSR count). The summed E-state index contributed by atoms with van der Waals surface area (Å²) in [6, 6.07) is 3.96. The molecule has 0 amide bonds. The number of pyridine rings is 1. The highest BCUT2D eigenvalue weighted by Crippen LogP contribution is 2.42. The van der Waals surface area contributed by atoms with Crippen molar-refractivity contribution in [2.75, 3.05) is 20.8 Å². The summed E-state index contributed by atoms with van der Waals surface area (Å²) in [6.07, 6.45) is 7.69. The Labute approximate surface area is 121 Å². The van der Waals surface area contributed by atoms with Gasteiger partial charge in [0.1, 0.15) is 11.4 Å². The maximum Gasteiger partial charge on any atom is 0.142 e. The van der Waals surface area contributed by atoms with Gasteiger partial charge in [-0.2, -0.15) is 0 Å². The van der Waals surface area contributed by atoms with Crippen LogP contribution in [0.4, 0.5) is 0 Å². The Morgan fingerprint density at radius 1 is 1.30 bits per heavy atom. The van der Waals surface area contributed by atoms with Gasteiger partial charge in [-0.25, -0.2) is 0 Å². The highest BCUT2D eigenvalue weighted by molar-refractivity contribution is 5.31. The molecular formula is C16H26N2O2. The fraction of sp³-hybridized carbons (Fsp3) is 0.688. The van der Waals surface area contributed by atoms with E-state index >= 15 is 0 Å². The number of nitrogens with one attached hydrogen (secondary N) is 1. The Bertz CT molecular complexity index is 417. The van der Waals surface area contributed by atoms with E-state index < -0.39 is 0 Å². The van der Waals surface area contributed by atoms with Crippen LogP contribution < -0.4 is 10.1 Å². The Morgan fingerprint density at radius 3 is 2.65 bits per heavy atom. The van der Waals surface area contributed by atoms with Gasteiger partial charge in [-0.1, -0.05) is 26.2 Å². The van der Waals surface area contributed by atoms with Crippen LogP contribution in [0, 0.1) is 0 Å². The SMILES string of the molecule is CCNC(c1ncccc1OC)C1(OC)CCCCC1. The van der Waals surface area contributed by atoms with E-state index in [1.165, 1.54) is 19.3 Å². The van der Waals surface area contributed by atoms with Crippen molar-refractivity contribution >= 4 is 0 Å². The van der Waals surface area contributed by atoms with E-state index in [1.807, 2.05) is 25.4 Å². The second-order valence-corrected chi connectivity index (χ2v) is 5.41. The lowest BCUT2D eigenvalue weighted by atomic mass is 9.77. The van der Waals surface area contributed by atoms with Gasteiger partial charge in [-0.15, -0.1) is 0 Å². The van der Waals surface area contributed by atoms with Gasteiger partial charge >= 0.3 is 0 Å². The summed E-state index contributed by atoms with van der Waals surface area (Å²) in [5, 5.41) is 3.57. The molecule has 0 saturated heterocycles. The van der Waals surface area contributed by atoms with Crippen molar-refractivity contribution in [3.8, 4) is 5.75 Å². The van der Waals surface area contributed by atoms with Gasteiger partial charge in [-0.05, 0) is 31.5 Å². The fourth-order valence-electron chi connectivity index (χ4n) is 3.29. The normalized spacial score (nSPS) is 19.6. The van der Waals surface area contributed by atoms with Crippen molar-refractivity contribution < 1.29 is 9.47 Å². The predicted octanol–water partition coefficient (Wildman–Crippen LogP) is 3.09. The zero-order valence-corrected chi connectivity index (χ0v) is 12.8. The molecule has 1 aromatic heterocycles. The van der Waals surface area contributed by atoms with E-state index in [1.54, 1.807) is 7.11 Å². The molecule has 4 nitrogen and oxygen atoms in total. The highest BCUT2D eigenvalue weighted by Gasteiger charge is 2.42. The lowest BCUT2D eigenvalue weighted by molar-refractivity contribution is -0.0698. The van der Waals surface area contributed by atoms with Crippen LogP contribution in [0.15, 0.2) is 18.3 Å². The topological polar surface area (TPSA) is 43.4 Å². The molecule has 1 saturated carbocycles. The summed E-state index contributed by atoms with van der Waals surface area (Å²) in [7, 11) is 3.52. The molecule has 0 aromatic carbocycles. The van der Waals surface area contributed by atoms with E-state index in [0.29, 0.717) is 0 Å². The van der Waals surface area contributed by atoms with E-state index in [2.05, 4.69) is 17.2 Å². The van der Waals surface area contributed by atoms with Gasteiger partial charge in [0.05, 0.1) is 18.8 Å². The Hall–Kier alpha value is -1.13. The second kappa shape index (κ2) is 7.04. The average molecular weight is 278 g/mol. The summed E-state index contributed by atoms with van der Waals surface area (Å²) in [5.41, 5.74) is 0.788. The Balaban J connectivity index is 2.38. The molecule has 1 atom stereocenters. The zero-order chi connectivity index (χ0) is 14.4. The minimum atomic E-state index is -0.171. The largest absolute Gasteiger partial charge is 0.495 e. The number of hydrogen-bond donors (Lipinski definition) is 1. The van der Waals surface area contributed by atoms with Crippen LogP contribution in [0.3, 0.4) is 0 Å². The van der Waals surface area contributed by atoms with Gasteiger partial charge in [-0.3, -0.25) is 4.98 Å².